The van der Waals surface area contributed by atoms with Crippen molar-refractivity contribution in [1.82, 2.24) is 24.8 Å². The highest BCUT2D eigenvalue weighted by Crippen LogP contribution is 2.21. The number of carbonyl (C=O) groups is 1. The van der Waals surface area contributed by atoms with Crippen LogP contribution in [0.25, 0.3) is 10.9 Å². The van der Waals surface area contributed by atoms with Gasteiger partial charge in [0.25, 0.3) is 11.5 Å². The number of hydrogen-bond donors (Lipinski definition) is 2. The van der Waals surface area contributed by atoms with E-state index in [1.807, 2.05) is 32.0 Å². The fourth-order valence-corrected chi connectivity index (χ4v) is 4.36. The van der Waals surface area contributed by atoms with E-state index in [1.165, 1.54) is 4.57 Å². The number of anilines is 1. The van der Waals surface area contributed by atoms with E-state index < -0.39 is 0 Å². The van der Waals surface area contributed by atoms with Crippen LogP contribution >= 0.6 is 0 Å². The first-order valence-corrected chi connectivity index (χ1v) is 11.4. The summed E-state index contributed by atoms with van der Waals surface area (Å²) < 4.78 is 1.21. The van der Waals surface area contributed by atoms with Crippen molar-refractivity contribution in [2.75, 3.05) is 37.6 Å². The molecule has 3 aromatic rings. The molecular formula is C24H30N6O3. The maximum absolute atomic E-state index is 12.5. The SMILES string of the molecule is CCNC(=O)c1ccc(N2CCN(Cc3ccc4c(=O)n(CC)c(=O)[nH]c4c3)CC2)c(C)n1. The standard InChI is InChI=1S/C24H30N6O3/c1-4-25-22(31)19-8-9-21(16(3)26-19)29-12-10-28(11-13-29)15-17-6-7-18-20(14-17)27-24(33)30(5-2)23(18)32/h6-9,14H,4-5,10-13,15H2,1-3H3,(H,25,31)(H,27,33). The van der Waals surface area contributed by atoms with Crippen molar-refractivity contribution in [3.05, 3.63) is 68.1 Å². The summed E-state index contributed by atoms with van der Waals surface area (Å²) in [5.41, 5.74) is 3.36. The highest BCUT2D eigenvalue weighted by atomic mass is 16.2. The molecule has 9 heteroatoms. The predicted octanol–water partition coefficient (Wildman–Crippen LogP) is 1.49. The van der Waals surface area contributed by atoms with Crippen LogP contribution in [0.5, 0.6) is 0 Å². The number of H-pyrrole nitrogens is 1. The zero-order valence-electron chi connectivity index (χ0n) is 19.4. The summed E-state index contributed by atoms with van der Waals surface area (Å²) >= 11 is 0. The van der Waals surface area contributed by atoms with Crippen LogP contribution in [0, 0.1) is 6.92 Å². The minimum Gasteiger partial charge on any atom is -0.368 e. The van der Waals surface area contributed by atoms with E-state index >= 15 is 0 Å². The molecule has 1 aromatic carbocycles. The fraction of sp³-hybridized carbons (Fsp3) is 0.417. The topological polar surface area (TPSA) is 103 Å². The Bertz CT molecular complexity index is 1290. The van der Waals surface area contributed by atoms with E-state index in [0.717, 1.165) is 49.7 Å². The van der Waals surface area contributed by atoms with Gasteiger partial charge in [0.1, 0.15) is 5.69 Å². The van der Waals surface area contributed by atoms with E-state index in [-0.39, 0.29) is 17.2 Å². The Morgan fingerprint density at radius 3 is 2.52 bits per heavy atom. The molecule has 1 fully saturated rings. The van der Waals surface area contributed by atoms with Crippen molar-refractivity contribution in [3.8, 4) is 0 Å². The number of carbonyl (C=O) groups excluding carboxylic acids is 1. The average molecular weight is 451 g/mol. The van der Waals surface area contributed by atoms with Crippen molar-refractivity contribution < 1.29 is 4.79 Å². The van der Waals surface area contributed by atoms with Crippen molar-refractivity contribution in [2.45, 2.75) is 33.9 Å². The molecular weight excluding hydrogens is 420 g/mol. The second-order valence-corrected chi connectivity index (χ2v) is 8.28. The summed E-state index contributed by atoms with van der Waals surface area (Å²) in [6.45, 7) is 10.7. The van der Waals surface area contributed by atoms with Gasteiger partial charge in [0.15, 0.2) is 0 Å². The second kappa shape index (κ2) is 9.58. The number of benzene rings is 1. The number of nitrogens with one attached hydrogen (secondary N) is 2. The van der Waals surface area contributed by atoms with E-state index in [0.29, 0.717) is 29.7 Å². The molecule has 0 aliphatic carbocycles. The van der Waals surface area contributed by atoms with E-state index in [9.17, 15) is 14.4 Å². The molecule has 0 unspecified atom stereocenters. The lowest BCUT2D eigenvalue weighted by Crippen LogP contribution is -2.46. The number of aromatic nitrogens is 3. The first-order valence-electron chi connectivity index (χ1n) is 11.4. The molecule has 0 radical (unpaired) electrons. The van der Waals surface area contributed by atoms with Gasteiger partial charge < -0.3 is 15.2 Å². The Balaban J connectivity index is 1.42. The third kappa shape index (κ3) is 4.68. The lowest BCUT2D eigenvalue weighted by Gasteiger charge is -2.36. The number of amides is 1. The number of aryl methyl sites for hydroxylation is 1. The van der Waals surface area contributed by atoms with Gasteiger partial charge in [0, 0.05) is 45.8 Å². The Hall–Kier alpha value is -3.46. The summed E-state index contributed by atoms with van der Waals surface area (Å²) in [6, 6.07) is 9.42. The molecule has 0 spiro atoms. The highest BCUT2D eigenvalue weighted by Gasteiger charge is 2.20. The molecule has 0 atom stereocenters. The molecule has 2 aromatic heterocycles. The summed E-state index contributed by atoms with van der Waals surface area (Å²) in [7, 11) is 0. The van der Waals surface area contributed by atoms with E-state index in [4.69, 9.17) is 0 Å². The van der Waals surface area contributed by atoms with Gasteiger partial charge in [-0.1, -0.05) is 6.07 Å². The first kappa shape index (κ1) is 22.7. The van der Waals surface area contributed by atoms with Crippen molar-refractivity contribution in [2.24, 2.45) is 0 Å². The van der Waals surface area contributed by atoms with Crippen LogP contribution in [0.1, 0.15) is 35.6 Å². The van der Waals surface area contributed by atoms with Crippen LogP contribution in [0.2, 0.25) is 0 Å². The average Bonchev–Trinajstić information content (AvgIpc) is 2.80. The highest BCUT2D eigenvalue weighted by molar-refractivity contribution is 5.92. The molecule has 0 bridgehead atoms. The van der Waals surface area contributed by atoms with E-state index in [2.05, 4.69) is 25.1 Å². The maximum Gasteiger partial charge on any atom is 0.328 e. The van der Waals surface area contributed by atoms with Gasteiger partial charge in [-0.15, -0.1) is 0 Å². The Kier molecular flexibility index (Phi) is 6.60. The largest absolute Gasteiger partial charge is 0.368 e. The number of pyridine rings is 1. The Morgan fingerprint density at radius 2 is 1.85 bits per heavy atom. The molecule has 9 nitrogen and oxygen atoms in total. The minimum atomic E-state index is -0.372. The first-order chi connectivity index (χ1) is 15.9. The van der Waals surface area contributed by atoms with Crippen molar-refractivity contribution in [3.63, 3.8) is 0 Å². The van der Waals surface area contributed by atoms with Crippen LogP contribution in [0.15, 0.2) is 39.9 Å². The molecule has 1 amide bonds. The van der Waals surface area contributed by atoms with Crippen LogP contribution in [-0.4, -0.2) is 58.1 Å². The quantitative estimate of drug-likeness (QED) is 0.590. The summed E-state index contributed by atoms with van der Waals surface area (Å²) in [5, 5.41) is 3.31. The number of fused-ring (bicyclic) bond motifs is 1. The molecule has 3 heterocycles. The van der Waals surface area contributed by atoms with Gasteiger partial charge in [-0.3, -0.25) is 19.1 Å². The van der Waals surface area contributed by atoms with Crippen molar-refractivity contribution >= 4 is 22.5 Å². The molecule has 33 heavy (non-hydrogen) atoms. The zero-order valence-corrected chi connectivity index (χ0v) is 19.4. The smallest absolute Gasteiger partial charge is 0.328 e. The number of aromatic amines is 1. The molecule has 4 rings (SSSR count). The molecule has 2 N–H and O–H groups in total. The van der Waals surface area contributed by atoms with Gasteiger partial charge in [-0.25, -0.2) is 9.78 Å². The molecule has 1 aliphatic rings. The summed E-state index contributed by atoms with van der Waals surface area (Å²) in [5.74, 6) is -0.151. The zero-order chi connectivity index (χ0) is 23.5. The van der Waals surface area contributed by atoms with E-state index in [1.54, 1.807) is 19.1 Å². The van der Waals surface area contributed by atoms with Gasteiger partial charge >= 0.3 is 5.69 Å². The lowest BCUT2D eigenvalue weighted by molar-refractivity contribution is 0.0950. The van der Waals surface area contributed by atoms with Gasteiger partial charge in [0.2, 0.25) is 0 Å². The van der Waals surface area contributed by atoms with Gasteiger partial charge in [-0.2, -0.15) is 0 Å². The molecule has 1 saturated heterocycles. The lowest BCUT2D eigenvalue weighted by atomic mass is 10.1. The Morgan fingerprint density at radius 1 is 1.09 bits per heavy atom. The molecule has 1 aliphatic heterocycles. The van der Waals surface area contributed by atoms with Crippen LogP contribution in [0.3, 0.4) is 0 Å². The summed E-state index contributed by atoms with van der Waals surface area (Å²) in [6.07, 6.45) is 0. The maximum atomic E-state index is 12.5. The van der Waals surface area contributed by atoms with Crippen LogP contribution < -0.4 is 21.5 Å². The predicted molar refractivity (Wildman–Crippen MR) is 129 cm³/mol. The number of rotatable bonds is 6. The third-order valence-electron chi connectivity index (χ3n) is 6.11. The van der Waals surface area contributed by atoms with Crippen molar-refractivity contribution in [1.29, 1.82) is 0 Å². The Labute approximate surface area is 192 Å². The number of hydrogen-bond acceptors (Lipinski definition) is 6. The fourth-order valence-electron chi connectivity index (χ4n) is 4.36. The number of nitrogens with zero attached hydrogens (tertiary/aromatic N) is 4. The number of piperazine rings is 1. The van der Waals surface area contributed by atoms with Crippen LogP contribution in [0.4, 0.5) is 5.69 Å². The summed E-state index contributed by atoms with van der Waals surface area (Å²) in [4.78, 5) is 48.6. The normalized spacial score (nSPS) is 14.6. The molecule has 0 saturated carbocycles. The molecule has 174 valence electrons. The van der Waals surface area contributed by atoms with Gasteiger partial charge in [-0.05, 0) is 50.6 Å². The second-order valence-electron chi connectivity index (χ2n) is 8.28. The van der Waals surface area contributed by atoms with Gasteiger partial charge in [0.05, 0.1) is 22.3 Å². The monoisotopic (exact) mass is 450 g/mol. The van der Waals surface area contributed by atoms with Crippen LogP contribution in [-0.2, 0) is 13.1 Å². The third-order valence-corrected chi connectivity index (χ3v) is 6.11. The minimum absolute atomic E-state index is 0.151.